The lowest BCUT2D eigenvalue weighted by atomic mass is 10.0. The quantitative estimate of drug-likeness (QED) is 0.0940. The van der Waals surface area contributed by atoms with Crippen LogP contribution in [0.2, 0.25) is 0 Å². The third kappa shape index (κ3) is 11.5. The molecule has 0 fully saturated rings. The van der Waals surface area contributed by atoms with Gasteiger partial charge < -0.3 is 24.6 Å². The van der Waals surface area contributed by atoms with Gasteiger partial charge in [-0.15, -0.1) is 0 Å². The van der Waals surface area contributed by atoms with Crippen molar-refractivity contribution in [3.8, 4) is 45.7 Å². The molecule has 0 aliphatic rings. The van der Waals surface area contributed by atoms with Crippen LogP contribution in [0, 0.1) is 27.7 Å². The molecule has 0 aliphatic carbocycles. The van der Waals surface area contributed by atoms with E-state index in [4.69, 9.17) is 29.2 Å². The summed E-state index contributed by atoms with van der Waals surface area (Å²) in [6.45, 7) is 13.9. The third-order valence-corrected chi connectivity index (χ3v) is 8.55. The Morgan fingerprint density at radius 2 is 1.26 bits per heavy atom. The summed E-state index contributed by atoms with van der Waals surface area (Å²) in [5.74, 6) is 1.78. The summed E-state index contributed by atoms with van der Waals surface area (Å²) in [5.41, 5.74) is 6.64. The standard InChI is InChI=1S/C41H54N4O5/c1-7-9-11-12-13-14-22-48-26-33(50-41(47)42-21-10-8-2)27-49-32-17-20-36(37(46)25-32)40-44-38(34-18-15-28(3)23-30(34)5)43-39(45-40)35-19-16-29(4)24-31(35)6/h15-20,23-25,33,46H,7-14,21-22,26-27H2,1-6H3,(H,42,47). The molecular formula is C41H54N4O5. The van der Waals surface area contributed by atoms with Gasteiger partial charge in [0, 0.05) is 30.3 Å². The van der Waals surface area contributed by atoms with Crippen molar-refractivity contribution < 1.29 is 24.1 Å². The van der Waals surface area contributed by atoms with Crippen molar-refractivity contribution in [3.63, 3.8) is 0 Å². The molecule has 1 heterocycles. The molecule has 50 heavy (non-hydrogen) atoms. The number of benzene rings is 3. The van der Waals surface area contributed by atoms with Crippen molar-refractivity contribution >= 4 is 6.09 Å². The van der Waals surface area contributed by atoms with E-state index in [0.29, 0.717) is 41.9 Å². The van der Waals surface area contributed by atoms with E-state index in [-0.39, 0.29) is 19.0 Å². The molecule has 0 saturated carbocycles. The number of phenols is 1. The molecule has 0 spiro atoms. The van der Waals surface area contributed by atoms with E-state index in [9.17, 15) is 9.90 Å². The number of hydrogen-bond acceptors (Lipinski definition) is 8. The maximum atomic E-state index is 12.5. The summed E-state index contributed by atoms with van der Waals surface area (Å²) in [6.07, 6.45) is 7.72. The highest BCUT2D eigenvalue weighted by Crippen LogP contribution is 2.34. The number of rotatable bonds is 19. The minimum Gasteiger partial charge on any atom is -0.507 e. The number of nitrogens with zero attached hydrogens (tertiary/aromatic N) is 3. The van der Waals surface area contributed by atoms with Gasteiger partial charge in [0.05, 0.1) is 12.2 Å². The van der Waals surface area contributed by atoms with Crippen molar-refractivity contribution in [2.75, 3.05) is 26.4 Å². The van der Waals surface area contributed by atoms with Crippen LogP contribution in [-0.4, -0.2) is 58.6 Å². The Labute approximate surface area is 297 Å². The Bertz CT molecular complexity index is 1620. The van der Waals surface area contributed by atoms with Gasteiger partial charge in [-0.25, -0.2) is 19.7 Å². The van der Waals surface area contributed by atoms with Gasteiger partial charge in [-0.2, -0.15) is 0 Å². The predicted octanol–water partition coefficient (Wildman–Crippen LogP) is 9.46. The molecule has 1 amide bonds. The van der Waals surface area contributed by atoms with Crippen molar-refractivity contribution in [2.24, 2.45) is 0 Å². The van der Waals surface area contributed by atoms with Crippen LogP contribution in [0.15, 0.2) is 54.6 Å². The zero-order chi connectivity index (χ0) is 35.9. The first-order valence-electron chi connectivity index (χ1n) is 18.1. The Morgan fingerprint density at radius 3 is 1.84 bits per heavy atom. The van der Waals surface area contributed by atoms with Crippen LogP contribution in [0.25, 0.3) is 34.2 Å². The number of unbranched alkanes of at least 4 members (excludes halogenated alkanes) is 6. The second kappa shape index (κ2) is 19.6. The lowest BCUT2D eigenvalue weighted by molar-refractivity contribution is -0.00256. The number of hydrogen-bond donors (Lipinski definition) is 2. The number of carbonyl (C=O) groups is 1. The van der Waals surface area contributed by atoms with Gasteiger partial charge in [-0.05, 0) is 63.8 Å². The minimum atomic E-state index is -0.623. The molecule has 268 valence electrons. The maximum absolute atomic E-state index is 12.5. The van der Waals surface area contributed by atoms with Crippen LogP contribution in [0.3, 0.4) is 0 Å². The molecule has 2 N–H and O–H groups in total. The molecule has 1 unspecified atom stereocenters. The van der Waals surface area contributed by atoms with Gasteiger partial charge in [0.15, 0.2) is 23.6 Å². The minimum absolute atomic E-state index is 0.0408. The maximum Gasteiger partial charge on any atom is 0.407 e. The highest BCUT2D eigenvalue weighted by Gasteiger charge is 2.19. The fourth-order valence-electron chi connectivity index (χ4n) is 5.72. The highest BCUT2D eigenvalue weighted by atomic mass is 16.6. The first-order valence-corrected chi connectivity index (χ1v) is 18.1. The van der Waals surface area contributed by atoms with E-state index in [0.717, 1.165) is 59.1 Å². The van der Waals surface area contributed by atoms with Crippen LogP contribution >= 0.6 is 0 Å². The number of nitrogens with one attached hydrogen (secondary N) is 1. The first-order chi connectivity index (χ1) is 24.2. The zero-order valence-corrected chi connectivity index (χ0v) is 30.7. The summed E-state index contributed by atoms with van der Waals surface area (Å²) >= 11 is 0. The lowest BCUT2D eigenvalue weighted by Crippen LogP contribution is -2.35. The number of carbonyl (C=O) groups excluding carboxylic acids is 1. The normalized spacial score (nSPS) is 11.7. The Kier molecular flexibility index (Phi) is 15.0. The fourth-order valence-corrected chi connectivity index (χ4v) is 5.72. The molecule has 9 heteroatoms. The van der Waals surface area contributed by atoms with E-state index in [1.807, 2.05) is 38.1 Å². The van der Waals surface area contributed by atoms with Gasteiger partial charge in [-0.1, -0.05) is 99.9 Å². The third-order valence-electron chi connectivity index (χ3n) is 8.55. The number of alkyl carbamates (subject to hydrolysis) is 1. The van der Waals surface area contributed by atoms with Crippen molar-refractivity contribution in [3.05, 3.63) is 76.9 Å². The molecule has 1 aromatic heterocycles. The highest BCUT2D eigenvalue weighted by molar-refractivity contribution is 5.72. The van der Waals surface area contributed by atoms with E-state index < -0.39 is 12.2 Å². The molecule has 1 atom stereocenters. The molecule has 0 bridgehead atoms. The van der Waals surface area contributed by atoms with Crippen molar-refractivity contribution in [2.45, 2.75) is 99.0 Å². The Balaban J connectivity index is 1.52. The van der Waals surface area contributed by atoms with Crippen LogP contribution in [0.4, 0.5) is 4.79 Å². The molecule has 4 rings (SSSR count). The van der Waals surface area contributed by atoms with Crippen LogP contribution in [0.1, 0.15) is 87.5 Å². The van der Waals surface area contributed by atoms with Crippen LogP contribution in [0.5, 0.6) is 11.5 Å². The van der Waals surface area contributed by atoms with E-state index in [1.54, 1.807) is 12.1 Å². The smallest absolute Gasteiger partial charge is 0.407 e. The van der Waals surface area contributed by atoms with Crippen LogP contribution < -0.4 is 10.1 Å². The van der Waals surface area contributed by atoms with E-state index in [1.165, 1.54) is 31.7 Å². The number of aromatic nitrogens is 3. The second-order valence-electron chi connectivity index (χ2n) is 13.1. The molecule has 9 nitrogen and oxygen atoms in total. The van der Waals surface area contributed by atoms with Gasteiger partial charge in [-0.3, -0.25) is 0 Å². The molecule has 3 aromatic carbocycles. The van der Waals surface area contributed by atoms with Gasteiger partial charge in [0.1, 0.15) is 18.1 Å². The molecular weight excluding hydrogens is 628 g/mol. The van der Waals surface area contributed by atoms with Crippen LogP contribution in [-0.2, 0) is 9.47 Å². The Hall–Kier alpha value is -4.50. The number of phenolic OH excluding ortho intramolecular Hbond substituents is 1. The predicted molar refractivity (Wildman–Crippen MR) is 200 cm³/mol. The van der Waals surface area contributed by atoms with Crippen molar-refractivity contribution in [1.82, 2.24) is 20.3 Å². The summed E-state index contributed by atoms with van der Waals surface area (Å²) in [7, 11) is 0. The second-order valence-corrected chi connectivity index (χ2v) is 13.1. The molecule has 4 aromatic rings. The number of aromatic hydroxyl groups is 1. The molecule has 0 saturated heterocycles. The Morgan fingerprint density at radius 1 is 0.700 bits per heavy atom. The lowest BCUT2D eigenvalue weighted by Gasteiger charge is -2.19. The van der Waals surface area contributed by atoms with Crippen molar-refractivity contribution in [1.29, 1.82) is 0 Å². The molecule has 0 aliphatic heterocycles. The zero-order valence-electron chi connectivity index (χ0n) is 30.7. The van der Waals surface area contributed by atoms with Gasteiger partial charge in [0.25, 0.3) is 0 Å². The monoisotopic (exact) mass is 682 g/mol. The van der Waals surface area contributed by atoms with E-state index in [2.05, 4.69) is 45.1 Å². The topological polar surface area (TPSA) is 116 Å². The van der Waals surface area contributed by atoms with Gasteiger partial charge in [0.2, 0.25) is 0 Å². The first kappa shape index (κ1) is 38.3. The average molecular weight is 683 g/mol. The fraction of sp³-hybridized carbons (Fsp3) is 0.463. The summed E-state index contributed by atoms with van der Waals surface area (Å²) in [4.78, 5) is 27.0. The summed E-state index contributed by atoms with van der Waals surface area (Å²) < 4.78 is 17.6. The number of ether oxygens (including phenoxy) is 3. The number of aryl methyl sites for hydroxylation is 4. The average Bonchev–Trinajstić information content (AvgIpc) is 3.08. The largest absolute Gasteiger partial charge is 0.507 e. The van der Waals surface area contributed by atoms with Gasteiger partial charge >= 0.3 is 6.09 Å². The van der Waals surface area contributed by atoms with E-state index >= 15 is 0 Å². The summed E-state index contributed by atoms with van der Waals surface area (Å²) in [5, 5.41) is 14.0. The molecule has 0 radical (unpaired) electrons. The SMILES string of the molecule is CCCCCCCCOCC(COc1ccc(-c2nc(-c3ccc(C)cc3C)nc(-c3ccc(C)cc3C)n2)c(O)c1)OC(=O)NCCCC. The summed E-state index contributed by atoms with van der Waals surface area (Å²) in [6, 6.07) is 17.3. The number of amides is 1.